The zero-order valence-corrected chi connectivity index (χ0v) is 10.8. The molecule has 2 aromatic carbocycles. The highest BCUT2D eigenvalue weighted by molar-refractivity contribution is 6.31. The first-order chi connectivity index (χ1) is 8.09. The first-order valence-corrected chi connectivity index (χ1v) is 6.05. The molecule has 0 amide bonds. The normalized spacial score (nSPS) is 12.5. The minimum atomic E-state index is -0.311. The lowest BCUT2D eigenvalue weighted by molar-refractivity contribution is 0.627. The van der Waals surface area contributed by atoms with Crippen LogP contribution in [-0.4, -0.2) is 0 Å². The maximum absolute atomic E-state index is 12.8. The highest BCUT2D eigenvalue weighted by Gasteiger charge is 2.14. The average Bonchev–Trinajstić information content (AvgIpc) is 2.33. The molecule has 1 atom stereocenters. The molecule has 0 aliphatic heterocycles. The molecule has 2 aromatic rings. The Morgan fingerprint density at radius 3 is 2.35 bits per heavy atom. The van der Waals surface area contributed by atoms with E-state index < -0.39 is 0 Å². The third kappa shape index (κ3) is 2.62. The summed E-state index contributed by atoms with van der Waals surface area (Å²) in [6.07, 6.45) is 0. The Bertz CT molecular complexity index is 520. The van der Waals surface area contributed by atoms with Crippen LogP contribution in [-0.2, 0) is 0 Å². The van der Waals surface area contributed by atoms with Crippen molar-refractivity contribution in [2.75, 3.05) is 0 Å². The first kappa shape index (κ1) is 12.4. The SMILES string of the molecule is Cc1c(Cl)cccc1C(Cl)c1ccc(F)cc1. The van der Waals surface area contributed by atoms with Gasteiger partial charge >= 0.3 is 0 Å². The molecule has 0 fully saturated rings. The maximum Gasteiger partial charge on any atom is 0.123 e. The molecule has 0 heterocycles. The summed E-state index contributed by atoms with van der Waals surface area (Å²) in [4.78, 5) is 0. The van der Waals surface area contributed by atoms with Crippen LogP contribution in [0.5, 0.6) is 0 Å². The molecule has 0 N–H and O–H groups in total. The van der Waals surface area contributed by atoms with Gasteiger partial charge in [0.1, 0.15) is 5.82 Å². The molecule has 2 rings (SSSR count). The number of hydrogen-bond donors (Lipinski definition) is 0. The van der Waals surface area contributed by atoms with Gasteiger partial charge < -0.3 is 0 Å². The molecule has 0 aromatic heterocycles. The number of alkyl halides is 1. The highest BCUT2D eigenvalue weighted by atomic mass is 35.5. The molecule has 0 spiro atoms. The standard InChI is InChI=1S/C14H11Cl2F/c1-9-12(3-2-4-13(9)15)14(16)10-5-7-11(17)8-6-10/h2-8,14H,1H3. The van der Waals surface area contributed by atoms with E-state index in [2.05, 4.69) is 0 Å². The largest absolute Gasteiger partial charge is 0.207 e. The third-order valence-electron chi connectivity index (χ3n) is 2.75. The van der Waals surface area contributed by atoms with Gasteiger partial charge in [-0.2, -0.15) is 0 Å². The van der Waals surface area contributed by atoms with Gasteiger partial charge in [0.2, 0.25) is 0 Å². The number of halogens is 3. The molecule has 3 heteroatoms. The van der Waals surface area contributed by atoms with Crippen LogP contribution in [0.25, 0.3) is 0 Å². The van der Waals surface area contributed by atoms with Crippen molar-refractivity contribution < 1.29 is 4.39 Å². The second kappa shape index (κ2) is 5.07. The highest BCUT2D eigenvalue weighted by Crippen LogP contribution is 2.33. The van der Waals surface area contributed by atoms with Gasteiger partial charge in [0.25, 0.3) is 0 Å². The Balaban J connectivity index is 2.40. The fourth-order valence-electron chi connectivity index (χ4n) is 1.71. The lowest BCUT2D eigenvalue weighted by atomic mass is 10.00. The predicted molar refractivity (Wildman–Crippen MR) is 70.3 cm³/mol. The van der Waals surface area contributed by atoms with Crippen molar-refractivity contribution in [2.24, 2.45) is 0 Å². The van der Waals surface area contributed by atoms with Crippen LogP contribution in [0, 0.1) is 12.7 Å². The van der Waals surface area contributed by atoms with Crippen molar-refractivity contribution in [1.29, 1.82) is 0 Å². The Kier molecular flexibility index (Phi) is 3.70. The maximum atomic E-state index is 12.8. The van der Waals surface area contributed by atoms with Crippen molar-refractivity contribution >= 4 is 23.2 Å². The number of benzene rings is 2. The van der Waals surface area contributed by atoms with Crippen LogP contribution >= 0.6 is 23.2 Å². The first-order valence-electron chi connectivity index (χ1n) is 5.24. The summed E-state index contributed by atoms with van der Waals surface area (Å²) in [5.74, 6) is -0.263. The third-order valence-corrected chi connectivity index (χ3v) is 3.64. The van der Waals surface area contributed by atoms with Gasteiger partial charge in [-0.15, -0.1) is 11.6 Å². The molecule has 0 bridgehead atoms. The fourth-order valence-corrected chi connectivity index (χ4v) is 2.27. The van der Waals surface area contributed by atoms with E-state index in [1.807, 2.05) is 25.1 Å². The van der Waals surface area contributed by atoms with E-state index in [4.69, 9.17) is 23.2 Å². The van der Waals surface area contributed by atoms with E-state index in [-0.39, 0.29) is 11.2 Å². The smallest absolute Gasteiger partial charge is 0.123 e. The van der Waals surface area contributed by atoms with Crippen molar-refractivity contribution in [1.82, 2.24) is 0 Å². The minimum Gasteiger partial charge on any atom is -0.207 e. The molecule has 17 heavy (non-hydrogen) atoms. The van der Waals surface area contributed by atoms with Crippen LogP contribution in [0.3, 0.4) is 0 Å². The Morgan fingerprint density at radius 2 is 1.71 bits per heavy atom. The molecular formula is C14H11Cl2F. The summed E-state index contributed by atoms with van der Waals surface area (Å²) in [5.41, 5.74) is 2.77. The molecule has 0 aliphatic carbocycles. The zero-order chi connectivity index (χ0) is 12.4. The van der Waals surface area contributed by atoms with E-state index in [0.717, 1.165) is 16.7 Å². The Morgan fingerprint density at radius 1 is 1.06 bits per heavy atom. The van der Waals surface area contributed by atoms with Gasteiger partial charge in [-0.05, 0) is 41.8 Å². The summed E-state index contributed by atoms with van der Waals surface area (Å²) in [5, 5.41) is 0.379. The van der Waals surface area contributed by atoms with Crippen LogP contribution < -0.4 is 0 Å². The van der Waals surface area contributed by atoms with Gasteiger partial charge in [0.15, 0.2) is 0 Å². The summed E-state index contributed by atoms with van der Waals surface area (Å²) in [7, 11) is 0. The predicted octanol–water partition coefficient (Wildman–Crippen LogP) is 5.12. The lowest BCUT2D eigenvalue weighted by Crippen LogP contribution is -1.96. The molecule has 0 nitrogen and oxygen atoms in total. The Labute approximate surface area is 110 Å². The molecule has 0 saturated carbocycles. The van der Waals surface area contributed by atoms with Crippen molar-refractivity contribution in [3.05, 3.63) is 70.0 Å². The van der Waals surface area contributed by atoms with Crippen molar-refractivity contribution in [3.63, 3.8) is 0 Å². The second-order valence-electron chi connectivity index (χ2n) is 3.87. The van der Waals surface area contributed by atoms with Crippen LogP contribution in [0.15, 0.2) is 42.5 Å². The van der Waals surface area contributed by atoms with E-state index in [0.29, 0.717) is 5.02 Å². The summed E-state index contributed by atoms with van der Waals surface area (Å²) < 4.78 is 12.8. The van der Waals surface area contributed by atoms with Gasteiger partial charge in [-0.3, -0.25) is 0 Å². The van der Waals surface area contributed by atoms with Crippen LogP contribution in [0.4, 0.5) is 4.39 Å². The zero-order valence-electron chi connectivity index (χ0n) is 9.25. The van der Waals surface area contributed by atoms with Gasteiger partial charge in [0, 0.05) is 5.02 Å². The molecular weight excluding hydrogens is 258 g/mol. The number of hydrogen-bond acceptors (Lipinski definition) is 0. The summed E-state index contributed by atoms with van der Waals surface area (Å²) in [6, 6.07) is 11.8. The van der Waals surface area contributed by atoms with Gasteiger partial charge in [-0.25, -0.2) is 4.39 Å². The van der Waals surface area contributed by atoms with E-state index >= 15 is 0 Å². The fraction of sp³-hybridized carbons (Fsp3) is 0.143. The van der Waals surface area contributed by atoms with Crippen molar-refractivity contribution in [3.8, 4) is 0 Å². The van der Waals surface area contributed by atoms with E-state index in [1.165, 1.54) is 12.1 Å². The van der Waals surface area contributed by atoms with E-state index in [1.54, 1.807) is 12.1 Å². The van der Waals surface area contributed by atoms with Gasteiger partial charge in [-0.1, -0.05) is 35.9 Å². The molecule has 88 valence electrons. The minimum absolute atomic E-state index is 0.263. The number of rotatable bonds is 2. The van der Waals surface area contributed by atoms with Crippen molar-refractivity contribution in [2.45, 2.75) is 12.3 Å². The quantitative estimate of drug-likeness (QED) is 0.664. The average molecular weight is 269 g/mol. The van der Waals surface area contributed by atoms with Crippen LogP contribution in [0.2, 0.25) is 5.02 Å². The van der Waals surface area contributed by atoms with E-state index in [9.17, 15) is 4.39 Å². The summed E-state index contributed by atoms with van der Waals surface area (Å²) in [6.45, 7) is 1.93. The topological polar surface area (TPSA) is 0 Å². The molecule has 0 aliphatic rings. The Hall–Kier alpha value is -1.05. The molecule has 1 unspecified atom stereocenters. The summed E-state index contributed by atoms with van der Waals surface area (Å²) >= 11 is 12.4. The van der Waals surface area contributed by atoms with Gasteiger partial charge in [0.05, 0.1) is 5.38 Å². The second-order valence-corrected chi connectivity index (χ2v) is 4.71. The van der Waals surface area contributed by atoms with Crippen LogP contribution in [0.1, 0.15) is 22.1 Å². The molecule has 0 saturated heterocycles. The monoisotopic (exact) mass is 268 g/mol. The molecule has 0 radical (unpaired) electrons. The lowest BCUT2D eigenvalue weighted by Gasteiger charge is -2.14.